The van der Waals surface area contributed by atoms with Gasteiger partial charge < -0.3 is 16.0 Å². The molecule has 1 aromatic rings. The number of guanidine groups is 1. The number of nitrogens with one attached hydrogen (secondary N) is 3. The highest BCUT2D eigenvalue weighted by Crippen LogP contribution is 2.17. The van der Waals surface area contributed by atoms with Crippen molar-refractivity contribution >= 4 is 23.5 Å². The Bertz CT molecular complexity index is 532. The summed E-state index contributed by atoms with van der Waals surface area (Å²) in [5, 5.41) is 8.56. The molecule has 1 rings (SSSR count). The Morgan fingerprint density at radius 3 is 2.22 bits per heavy atom. The van der Waals surface area contributed by atoms with Crippen LogP contribution >= 0.6 is 11.6 Å². The number of hydrogen-bond donors (Lipinski definition) is 3. The minimum atomic E-state index is -4.21. The second-order valence-corrected chi connectivity index (χ2v) is 4.99. The first-order valence-corrected chi connectivity index (χ1v) is 7.24. The van der Waals surface area contributed by atoms with Crippen LogP contribution in [0.2, 0.25) is 5.02 Å². The Balaban J connectivity index is 2.24. The topological polar surface area (TPSA) is 65.5 Å². The van der Waals surface area contributed by atoms with Crippen molar-refractivity contribution in [2.24, 2.45) is 4.99 Å². The molecule has 3 N–H and O–H groups in total. The summed E-state index contributed by atoms with van der Waals surface area (Å²) in [7, 11) is 1.45. The van der Waals surface area contributed by atoms with E-state index in [-0.39, 0.29) is 18.4 Å². The number of hydrogen-bond acceptors (Lipinski definition) is 2. The van der Waals surface area contributed by atoms with E-state index >= 15 is 0 Å². The van der Waals surface area contributed by atoms with Gasteiger partial charge >= 0.3 is 6.18 Å². The average molecular weight is 351 g/mol. The first-order chi connectivity index (χ1) is 10.8. The van der Waals surface area contributed by atoms with Crippen molar-refractivity contribution in [3.63, 3.8) is 0 Å². The zero-order valence-corrected chi connectivity index (χ0v) is 13.3. The van der Waals surface area contributed by atoms with Crippen molar-refractivity contribution < 1.29 is 18.0 Å². The molecule has 0 saturated carbocycles. The first-order valence-electron chi connectivity index (χ1n) is 6.87. The van der Waals surface area contributed by atoms with Gasteiger partial charge in [0.1, 0.15) is 0 Å². The molecule has 128 valence electrons. The van der Waals surface area contributed by atoms with Crippen molar-refractivity contribution in [2.45, 2.75) is 12.6 Å². The van der Waals surface area contributed by atoms with Crippen molar-refractivity contribution in [3.05, 3.63) is 34.9 Å². The third-order valence-electron chi connectivity index (χ3n) is 2.73. The number of nitrogens with zero attached hydrogens (tertiary/aromatic N) is 1. The van der Waals surface area contributed by atoms with Gasteiger partial charge in [-0.05, 0) is 24.3 Å². The molecule has 23 heavy (non-hydrogen) atoms. The zero-order chi connectivity index (χ0) is 17.3. The van der Waals surface area contributed by atoms with Gasteiger partial charge in [0.05, 0.1) is 6.42 Å². The molecule has 9 heteroatoms. The van der Waals surface area contributed by atoms with Gasteiger partial charge in [0.25, 0.3) is 5.91 Å². The monoisotopic (exact) mass is 350 g/mol. The van der Waals surface area contributed by atoms with Crippen molar-refractivity contribution in [1.82, 2.24) is 16.0 Å². The summed E-state index contributed by atoms with van der Waals surface area (Å²) in [6.45, 7) is 0.354. The lowest BCUT2D eigenvalue weighted by atomic mass is 10.2. The standard InChI is InChI=1S/C14H18ClF3N4O/c1-19-13(21-7-6-14(16,17)18)22-9-8-20-12(23)10-2-4-11(15)5-3-10/h2-5H,6-9H2,1H3,(H,20,23)(H2,19,21,22). The van der Waals surface area contributed by atoms with Crippen LogP contribution in [0.25, 0.3) is 0 Å². The molecule has 0 atom stereocenters. The number of amides is 1. The van der Waals surface area contributed by atoms with Gasteiger partial charge in [0, 0.05) is 37.3 Å². The number of aliphatic imine (C=N–C) groups is 1. The molecule has 0 aliphatic heterocycles. The van der Waals surface area contributed by atoms with E-state index in [1.807, 2.05) is 0 Å². The Kier molecular flexibility index (Phi) is 7.67. The third-order valence-corrected chi connectivity index (χ3v) is 2.99. The van der Waals surface area contributed by atoms with E-state index in [0.29, 0.717) is 23.7 Å². The Morgan fingerprint density at radius 1 is 1.09 bits per heavy atom. The minimum Gasteiger partial charge on any atom is -0.356 e. The Hall–Kier alpha value is -1.96. The predicted molar refractivity (Wildman–Crippen MR) is 83.8 cm³/mol. The van der Waals surface area contributed by atoms with E-state index in [9.17, 15) is 18.0 Å². The van der Waals surface area contributed by atoms with E-state index in [1.54, 1.807) is 24.3 Å². The maximum absolute atomic E-state index is 12.0. The van der Waals surface area contributed by atoms with Crippen molar-refractivity contribution in [3.8, 4) is 0 Å². The lowest BCUT2D eigenvalue weighted by Crippen LogP contribution is -2.42. The number of carbonyl (C=O) groups excluding carboxylic acids is 1. The van der Waals surface area contributed by atoms with Gasteiger partial charge in [-0.1, -0.05) is 11.6 Å². The van der Waals surface area contributed by atoms with E-state index in [2.05, 4.69) is 20.9 Å². The largest absolute Gasteiger partial charge is 0.390 e. The zero-order valence-electron chi connectivity index (χ0n) is 12.5. The van der Waals surface area contributed by atoms with Gasteiger partial charge in [-0.3, -0.25) is 9.79 Å². The number of rotatable bonds is 6. The van der Waals surface area contributed by atoms with E-state index < -0.39 is 12.6 Å². The summed E-state index contributed by atoms with van der Waals surface area (Å²) in [6, 6.07) is 6.42. The maximum atomic E-state index is 12.0. The second kappa shape index (κ2) is 9.24. The van der Waals surface area contributed by atoms with Gasteiger partial charge in [-0.2, -0.15) is 13.2 Å². The van der Waals surface area contributed by atoms with Crippen molar-refractivity contribution in [2.75, 3.05) is 26.7 Å². The number of halogens is 4. The summed E-state index contributed by atoms with van der Waals surface area (Å²) < 4.78 is 36.1. The van der Waals surface area contributed by atoms with E-state index in [4.69, 9.17) is 11.6 Å². The molecule has 0 unspecified atom stereocenters. The molecule has 0 aliphatic rings. The van der Waals surface area contributed by atoms with Crippen LogP contribution in [-0.2, 0) is 0 Å². The van der Waals surface area contributed by atoms with Crippen molar-refractivity contribution in [1.29, 1.82) is 0 Å². The predicted octanol–water partition coefficient (Wildman–Crippen LogP) is 2.19. The fourth-order valence-electron chi connectivity index (χ4n) is 1.60. The van der Waals surface area contributed by atoms with Crippen LogP contribution in [0.5, 0.6) is 0 Å². The second-order valence-electron chi connectivity index (χ2n) is 4.55. The molecule has 0 saturated heterocycles. The highest BCUT2D eigenvalue weighted by atomic mass is 35.5. The Morgan fingerprint density at radius 2 is 1.65 bits per heavy atom. The van der Waals surface area contributed by atoms with Crippen LogP contribution in [-0.4, -0.2) is 44.7 Å². The molecule has 0 aliphatic carbocycles. The van der Waals surface area contributed by atoms with Gasteiger partial charge in [0.15, 0.2) is 5.96 Å². The lowest BCUT2D eigenvalue weighted by Gasteiger charge is -2.13. The maximum Gasteiger partial charge on any atom is 0.390 e. The number of alkyl halides is 3. The van der Waals surface area contributed by atoms with E-state index in [1.165, 1.54) is 7.05 Å². The van der Waals surface area contributed by atoms with Gasteiger partial charge in [0.2, 0.25) is 0 Å². The van der Waals surface area contributed by atoms with Gasteiger partial charge in [-0.25, -0.2) is 0 Å². The first kappa shape index (κ1) is 19.1. The molecule has 1 amide bonds. The molecule has 0 heterocycles. The fourth-order valence-corrected chi connectivity index (χ4v) is 1.73. The molecule has 0 radical (unpaired) electrons. The summed E-state index contributed by atoms with van der Waals surface area (Å²) >= 11 is 5.73. The minimum absolute atomic E-state index is 0.245. The summed E-state index contributed by atoms with van der Waals surface area (Å²) in [4.78, 5) is 15.6. The summed E-state index contributed by atoms with van der Waals surface area (Å²) in [5.74, 6) is -0.0153. The van der Waals surface area contributed by atoms with Crippen LogP contribution in [0.15, 0.2) is 29.3 Å². The van der Waals surface area contributed by atoms with Crippen LogP contribution < -0.4 is 16.0 Å². The highest BCUT2D eigenvalue weighted by molar-refractivity contribution is 6.30. The van der Waals surface area contributed by atoms with Crippen LogP contribution in [0.4, 0.5) is 13.2 Å². The summed E-state index contributed by atoms with van der Waals surface area (Å²) in [6.07, 6.45) is -5.15. The molecule has 5 nitrogen and oxygen atoms in total. The fraction of sp³-hybridized carbons (Fsp3) is 0.429. The smallest absolute Gasteiger partial charge is 0.356 e. The molecular formula is C14H18ClF3N4O. The van der Waals surface area contributed by atoms with Crippen LogP contribution in [0.3, 0.4) is 0 Å². The quantitative estimate of drug-likeness (QED) is 0.418. The lowest BCUT2D eigenvalue weighted by molar-refractivity contribution is -0.132. The Labute approximate surface area is 137 Å². The number of carbonyl (C=O) groups is 1. The highest BCUT2D eigenvalue weighted by Gasteiger charge is 2.26. The van der Waals surface area contributed by atoms with Crippen LogP contribution in [0.1, 0.15) is 16.8 Å². The molecule has 0 bridgehead atoms. The molecule has 1 aromatic carbocycles. The van der Waals surface area contributed by atoms with E-state index in [0.717, 1.165) is 0 Å². The molecule has 0 fully saturated rings. The molecular weight excluding hydrogens is 333 g/mol. The average Bonchev–Trinajstić information content (AvgIpc) is 2.49. The SMILES string of the molecule is CN=C(NCCNC(=O)c1ccc(Cl)cc1)NCCC(F)(F)F. The van der Waals surface area contributed by atoms with Gasteiger partial charge in [-0.15, -0.1) is 0 Å². The number of benzene rings is 1. The molecule has 0 aromatic heterocycles. The summed E-state index contributed by atoms with van der Waals surface area (Å²) in [5.41, 5.74) is 0.474. The molecule has 0 spiro atoms. The van der Waals surface area contributed by atoms with Crippen LogP contribution in [0, 0.1) is 0 Å². The normalized spacial score (nSPS) is 12.0. The third kappa shape index (κ3) is 8.29.